The van der Waals surface area contributed by atoms with Gasteiger partial charge >= 0.3 is 0 Å². The second-order valence-corrected chi connectivity index (χ2v) is 4.80. The minimum Gasteiger partial charge on any atom is -0.390 e. The van der Waals surface area contributed by atoms with Crippen LogP contribution in [0.15, 0.2) is 0 Å². The molecular formula is C8H18INO. The molecule has 0 saturated heterocycles. The lowest BCUT2D eigenvalue weighted by Crippen LogP contribution is -2.41. The van der Waals surface area contributed by atoms with Gasteiger partial charge in [0.2, 0.25) is 0 Å². The summed E-state index contributed by atoms with van der Waals surface area (Å²) in [5, 5.41) is 12.8. The van der Waals surface area contributed by atoms with Crippen molar-refractivity contribution in [1.29, 1.82) is 0 Å². The van der Waals surface area contributed by atoms with Crippen molar-refractivity contribution in [3.05, 3.63) is 0 Å². The lowest BCUT2D eigenvalue weighted by Gasteiger charge is -2.23. The van der Waals surface area contributed by atoms with E-state index >= 15 is 0 Å². The molecule has 0 aromatic rings. The zero-order valence-electron chi connectivity index (χ0n) is 7.63. The third kappa shape index (κ3) is 4.98. The quantitative estimate of drug-likeness (QED) is 0.464. The molecule has 0 rings (SSSR count). The van der Waals surface area contributed by atoms with Crippen molar-refractivity contribution < 1.29 is 5.11 Å². The van der Waals surface area contributed by atoms with E-state index in [2.05, 4.69) is 41.8 Å². The van der Waals surface area contributed by atoms with Crippen LogP contribution in [0.3, 0.4) is 0 Å². The molecule has 0 bridgehead atoms. The standard InChI is InChI=1S/C8H18INO/c1-5(2)7(11)8(9)10-6(3)4/h5-8,10-11H,1-4H3. The van der Waals surface area contributed by atoms with Crippen molar-refractivity contribution in [2.24, 2.45) is 5.92 Å². The molecule has 0 aliphatic carbocycles. The van der Waals surface area contributed by atoms with E-state index in [1.807, 2.05) is 13.8 Å². The van der Waals surface area contributed by atoms with Crippen LogP contribution in [0.5, 0.6) is 0 Å². The summed E-state index contributed by atoms with van der Waals surface area (Å²) in [5.74, 6) is 0.322. The number of rotatable bonds is 4. The van der Waals surface area contributed by atoms with E-state index in [0.29, 0.717) is 12.0 Å². The summed E-state index contributed by atoms with van der Waals surface area (Å²) in [7, 11) is 0. The van der Waals surface area contributed by atoms with E-state index in [0.717, 1.165) is 0 Å². The molecule has 11 heavy (non-hydrogen) atoms. The van der Waals surface area contributed by atoms with Gasteiger partial charge in [0.1, 0.15) is 0 Å². The Morgan fingerprint density at radius 1 is 1.18 bits per heavy atom. The first kappa shape index (κ1) is 11.6. The molecule has 0 spiro atoms. The number of aliphatic hydroxyl groups is 1. The second kappa shape index (κ2) is 5.32. The monoisotopic (exact) mass is 271 g/mol. The van der Waals surface area contributed by atoms with E-state index < -0.39 is 0 Å². The molecule has 2 N–H and O–H groups in total. The molecular weight excluding hydrogens is 253 g/mol. The molecule has 0 aliphatic rings. The zero-order valence-corrected chi connectivity index (χ0v) is 9.79. The van der Waals surface area contributed by atoms with E-state index in [1.54, 1.807) is 0 Å². The average molecular weight is 271 g/mol. The predicted molar refractivity (Wildman–Crippen MR) is 56.9 cm³/mol. The zero-order chi connectivity index (χ0) is 9.02. The molecule has 0 heterocycles. The van der Waals surface area contributed by atoms with Gasteiger partial charge in [-0.2, -0.15) is 0 Å². The third-order valence-corrected chi connectivity index (χ3v) is 2.57. The summed E-state index contributed by atoms with van der Waals surface area (Å²) >= 11 is 2.24. The Balaban J connectivity index is 3.73. The molecule has 2 unspecified atom stereocenters. The van der Waals surface area contributed by atoms with Gasteiger partial charge in [-0.25, -0.2) is 0 Å². The van der Waals surface area contributed by atoms with Gasteiger partial charge in [0.25, 0.3) is 0 Å². The van der Waals surface area contributed by atoms with Crippen LogP contribution in [0, 0.1) is 5.92 Å². The summed E-state index contributed by atoms with van der Waals surface area (Å²) in [4.78, 5) is 0. The molecule has 0 amide bonds. The van der Waals surface area contributed by atoms with Gasteiger partial charge in [-0.1, -0.05) is 36.4 Å². The average Bonchev–Trinajstić information content (AvgIpc) is 1.84. The smallest absolute Gasteiger partial charge is 0.0861 e. The van der Waals surface area contributed by atoms with Crippen LogP contribution < -0.4 is 5.32 Å². The van der Waals surface area contributed by atoms with E-state index in [-0.39, 0.29) is 10.2 Å². The maximum absolute atomic E-state index is 9.57. The number of aliphatic hydroxyl groups excluding tert-OH is 1. The van der Waals surface area contributed by atoms with Crippen LogP contribution in [0.4, 0.5) is 0 Å². The first-order valence-corrected chi connectivity index (χ1v) is 5.28. The lowest BCUT2D eigenvalue weighted by atomic mass is 10.1. The van der Waals surface area contributed by atoms with Crippen molar-refractivity contribution in [1.82, 2.24) is 5.32 Å². The van der Waals surface area contributed by atoms with Gasteiger partial charge in [-0.05, 0) is 19.8 Å². The number of alkyl halides is 1. The van der Waals surface area contributed by atoms with Crippen LogP contribution >= 0.6 is 22.6 Å². The van der Waals surface area contributed by atoms with Gasteiger partial charge in [0.15, 0.2) is 0 Å². The highest BCUT2D eigenvalue weighted by atomic mass is 127. The molecule has 3 heteroatoms. The Bertz CT molecular complexity index is 106. The Hall–Kier alpha value is 0.650. The summed E-state index contributed by atoms with van der Waals surface area (Å²) in [5.41, 5.74) is 0. The molecule has 0 saturated carbocycles. The highest BCUT2D eigenvalue weighted by molar-refractivity contribution is 14.1. The van der Waals surface area contributed by atoms with Gasteiger partial charge < -0.3 is 10.4 Å². The minimum atomic E-state index is -0.252. The van der Waals surface area contributed by atoms with Gasteiger partial charge in [-0.3, -0.25) is 0 Å². The fourth-order valence-electron chi connectivity index (χ4n) is 0.755. The molecule has 68 valence electrons. The van der Waals surface area contributed by atoms with Crippen LogP contribution in [0.25, 0.3) is 0 Å². The SMILES string of the molecule is CC(C)NC(I)C(O)C(C)C. The maximum atomic E-state index is 9.57. The van der Waals surface area contributed by atoms with Gasteiger partial charge in [0.05, 0.1) is 10.2 Å². The summed E-state index contributed by atoms with van der Waals surface area (Å²) in [6, 6.07) is 0.435. The van der Waals surface area contributed by atoms with Crippen LogP contribution in [0.2, 0.25) is 0 Å². The van der Waals surface area contributed by atoms with Crippen molar-refractivity contribution in [3.8, 4) is 0 Å². The highest BCUT2D eigenvalue weighted by Crippen LogP contribution is 2.12. The van der Waals surface area contributed by atoms with Crippen LogP contribution in [-0.4, -0.2) is 21.3 Å². The molecule has 0 aromatic carbocycles. The topological polar surface area (TPSA) is 32.3 Å². The molecule has 2 atom stereocenters. The molecule has 2 nitrogen and oxygen atoms in total. The van der Waals surface area contributed by atoms with Crippen molar-refractivity contribution in [2.75, 3.05) is 0 Å². The normalized spacial score (nSPS) is 17.5. The summed E-state index contributed by atoms with van der Waals surface area (Å²) in [6.07, 6.45) is -0.252. The minimum absolute atomic E-state index is 0.160. The summed E-state index contributed by atoms with van der Waals surface area (Å²) < 4.78 is 0.160. The number of hydrogen-bond acceptors (Lipinski definition) is 2. The molecule has 0 radical (unpaired) electrons. The van der Waals surface area contributed by atoms with E-state index in [4.69, 9.17) is 0 Å². The van der Waals surface area contributed by atoms with Crippen molar-refractivity contribution in [2.45, 2.75) is 43.9 Å². The molecule has 0 aromatic heterocycles. The second-order valence-electron chi connectivity index (χ2n) is 3.46. The van der Waals surface area contributed by atoms with E-state index in [9.17, 15) is 5.11 Å². The Labute approximate surface area is 82.9 Å². The Morgan fingerprint density at radius 2 is 1.64 bits per heavy atom. The molecule has 0 fully saturated rings. The highest BCUT2D eigenvalue weighted by Gasteiger charge is 2.19. The van der Waals surface area contributed by atoms with Crippen LogP contribution in [-0.2, 0) is 0 Å². The van der Waals surface area contributed by atoms with Gasteiger partial charge in [-0.15, -0.1) is 0 Å². The first-order chi connectivity index (χ1) is 4.95. The molecule has 0 aliphatic heterocycles. The third-order valence-electron chi connectivity index (χ3n) is 1.48. The summed E-state index contributed by atoms with van der Waals surface area (Å²) in [6.45, 7) is 8.22. The van der Waals surface area contributed by atoms with Crippen molar-refractivity contribution >= 4 is 22.6 Å². The lowest BCUT2D eigenvalue weighted by molar-refractivity contribution is 0.115. The fraction of sp³-hybridized carbons (Fsp3) is 1.00. The first-order valence-electron chi connectivity index (χ1n) is 4.03. The largest absolute Gasteiger partial charge is 0.390 e. The number of halogens is 1. The van der Waals surface area contributed by atoms with E-state index in [1.165, 1.54) is 0 Å². The fourth-order valence-corrected chi connectivity index (χ4v) is 2.30. The Morgan fingerprint density at radius 3 is 1.91 bits per heavy atom. The maximum Gasteiger partial charge on any atom is 0.0861 e. The van der Waals surface area contributed by atoms with Gasteiger partial charge in [0, 0.05) is 6.04 Å². The predicted octanol–water partition coefficient (Wildman–Crippen LogP) is 1.76. The Kier molecular flexibility index (Phi) is 5.64. The van der Waals surface area contributed by atoms with Crippen LogP contribution in [0.1, 0.15) is 27.7 Å². The van der Waals surface area contributed by atoms with Crippen molar-refractivity contribution in [3.63, 3.8) is 0 Å². The number of hydrogen-bond donors (Lipinski definition) is 2. The number of nitrogens with one attached hydrogen (secondary N) is 1.